The second-order valence-corrected chi connectivity index (χ2v) is 13.4. The van der Waals surface area contributed by atoms with Gasteiger partial charge in [0.2, 0.25) is 15.9 Å². The number of piperazine rings is 1. The number of fused-ring (bicyclic) bond motifs is 1. The molecule has 2 aliphatic heterocycles. The van der Waals surface area contributed by atoms with Gasteiger partial charge in [-0.1, -0.05) is 30.3 Å². The Kier molecular flexibility index (Phi) is 5.97. The highest BCUT2D eigenvalue weighted by Gasteiger charge is 2.42. The molecule has 178 valence electrons. The molecule has 0 bridgehead atoms. The highest BCUT2D eigenvalue weighted by atomic mass is 32.2. The van der Waals surface area contributed by atoms with Crippen LogP contribution in [0.2, 0.25) is 0 Å². The fourth-order valence-corrected chi connectivity index (χ4v) is 8.10. The average molecular weight is 492 g/mol. The first-order chi connectivity index (χ1) is 15.7. The maximum atomic E-state index is 13.2. The standard InChI is InChI=1S/C23H29N3O5S2/c27-23(26(20-6-7-20)21-9-14-32(28,29)17-21)16-24-10-12-25(13-11-24)33(30,31)22-8-5-18-3-1-2-4-19(18)15-22/h1-5,8,15,20-21H,6-7,9-14,16-17H2/t21-/m1/s1. The molecule has 8 nitrogen and oxygen atoms in total. The molecule has 0 spiro atoms. The van der Waals surface area contributed by atoms with Crippen molar-refractivity contribution >= 4 is 36.5 Å². The number of rotatable bonds is 6. The van der Waals surface area contributed by atoms with Crippen molar-refractivity contribution in [2.45, 2.75) is 36.2 Å². The highest BCUT2D eigenvalue weighted by Crippen LogP contribution is 2.32. The lowest BCUT2D eigenvalue weighted by atomic mass is 10.1. The van der Waals surface area contributed by atoms with Crippen LogP contribution in [0.4, 0.5) is 0 Å². The normalized spacial score (nSPS) is 24.2. The molecule has 2 aromatic carbocycles. The van der Waals surface area contributed by atoms with Crippen LogP contribution in [0.15, 0.2) is 47.4 Å². The van der Waals surface area contributed by atoms with Crippen molar-refractivity contribution in [1.82, 2.24) is 14.1 Å². The fraction of sp³-hybridized carbons (Fsp3) is 0.522. The predicted molar refractivity (Wildman–Crippen MR) is 126 cm³/mol. The number of sulfone groups is 1. The quantitative estimate of drug-likeness (QED) is 0.605. The summed E-state index contributed by atoms with van der Waals surface area (Å²) in [6.07, 6.45) is 2.38. The Bertz CT molecular complexity index is 1270. The third-order valence-electron chi connectivity index (χ3n) is 6.88. The van der Waals surface area contributed by atoms with Gasteiger partial charge in [0.15, 0.2) is 9.84 Å². The second-order valence-electron chi connectivity index (χ2n) is 9.28. The monoisotopic (exact) mass is 491 g/mol. The summed E-state index contributed by atoms with van der Waals surface area (Å²) in [4.78, 5) is 17.1. The summed E-state index contributed by atoms with van der Waals surface area (Å²) in [5, 5.41) is 1.88. The third kappa shape index (κ3) is 4.80. The summed E-state index contributed by atoms with van der Waals surface area (Å²) in [5.41, 5.74) is 0. The van der Waals surface area contributed by atoms with Crippen LogP contribution in [-0.4, -0.2) is 93.2 Å². The number of carbonyl (C=O) groups is 1. The van der Waals surface area contributed by atoms with Gasteiger partial charge >= 0.3 is 0 Å². The number of carbonyl (C=O) groups excluding carboxylic acids is 1. The molecule has 10 heteroatoms. The van der Waals surface area contributed by atoms with Crippen molar-refractivity contribution in [2.75, 3.05) is 44.2 Å². The molecule has 2 aromatic rings. The van der Waals surface area contributed by atoms with E-state index in [-0.39, 0.29) is 40.9 Å². The van der Waals surface area contributed by atoms with E-state index in [0.717, 1.165) is 23.6 Å². The van der Waals surface area contributed by atoms with E-state index in [1.807, 2.05) is 40.1 Å². The van der Waals surface area contributed by atoms with E-state index in [0.29, 0.717) is 32.6 Å². The van der Waals surface area contributed by atoms with Gasteiger partial charge in [-0.2, -0.15) is 4.31 Å². The van der Waals surface area contributed by atoms with Gasteiger partial charge in [-0.15, -0.1) is 0 Å². The van der Waals surface area contributed by atoms with Crippen molar-refractivity contribution in [1.29, 1.82) is 0 Å². The Morgan fingerprint density at radius 3 is 2.27 bits per heavy atom. The fourth-order valence-electron chi connectivity index (χ4n) is 4.93. The molecular weight excluding hydrogens is 462 g/mol. The van der Waals surface area contributed by atoms with Crippen molar-refractivity contribution in [3.63, 3.8) is 0 Å². The van der Waals surface area contributed by atoms with Crippen LogP contribution < -0.4 is 0 Å². The van der Waals surface area contributed by atoms with E-state index in [4.69, 9.17) is 0 Å². The van der Waals surface area contributed by atoms with Crippen molar-refractivity contribution in [3.05, 3.63) is 42.5 Å². The number of amides is 1. The minimum absolute atomic E-state index is 0.0366. The molecular formula is C23H29N3O5S2. The lowest BCUT2D eigenvalue weighted by Gasteiger charge is -2.36. The predicted octanol–water partition coefficient (Wildman–Crippen LogP) is 1.32. The summed E-state index contributed by atoms with van der Waals surface area (Å²) in [5.74, 6) is 0.178. The van der Waals surface area contributed by atoms with E-state index in [9.17, 15) is 21.6 Å². The zero-order chi connectivity index (χ0) is 23.2. The third-order valence-corrected chi connectivity index (χ3v) is 10.5. The molecule has 33 heavy (non-hydrogen) atoms. The molecule has 1 aliphatic carbocycles. The minimum Gasteiger partial charge on any atom is -0.335 e. The van der Waals surface area contributed by atoms with Crippen LogP contribution in [0.1, 0.15) is 19.3 Å². The summed E-state index contributed by atoms with van der Waals surface area (Å²) in [7, 11) is -6.66. The first kappa shape index (κ1) is 22.8. The van der Waals surface area contributed by atoms with Gasteiger partial charge in [0.05, 0.1) is 22.9 Å². The Morgan fingerprint density at radius 2 is 1.64 bits per heavy atom. The Hall–Kier alpha value is -2.01. The molecule has 2 saturated heterocycles. The van der Waals surface area contributed by atoms with Gasteiger partial charge in [-0.05, 0) is 42.2 Å². The van der Waals surface area contributed by atoms with E-state index in [2.05, 4.69) is 0 Å². The average Bonchev–Trinajstić information content (AvgIpc) is 3.56. The zero-order valence-electron chi connectivity index (χ0n) is 18.5. The SMILES string of the molecule is O=C(CN1CCN(S(=O)(=O)c2ccc3ccccc3c2)CC1)N(C1CC1)[C@@H]1CCS(=O)(=O)C1. The largest absolute Gasteiger partial charge is 0.335 e. The Balaban J connectivity index is 1.21. The number of nitrogens with zero attached hydrogens (tertiary/aromatic N) is 3. The molecule has 0 unspecified atom stereocenters. The molecule has 1 atom stereocenters. The van der Waals surface area contributed by atoms with Crippen LogP contribution in [0.25, 0.3) is 10.8 Å². The van der Waals surface area contributed by atoms with Crippen molar-refractivity contribution in [2.24, 2.45) is 0 Å². The van der Waals surface area contributed by atoms with Crippen LogP contribution >= 0.6 is 0 Å². The number of sulfonamides is 1. The number of hydrogen-bond donors (Lipinski definition) is 0. The summed E-state index contributed by atoms with van der Waals surface area (Å²) in [6, 6.07) is 12.8. The summed E-state index contributed by atoms with van der Waals surface area (Å²) < 4.78 is 51.7. The number of benzene rings is 2. The van der Waals surface area contributed by atoms with Crippen LogP contribution in [-0.2, 0) is 24.7 Å². The van der Waals surface area contributed by atoms with Gasteiger partial charge in [0.1, 0.15) is 0 Å². The molecule has 3 aliphatic rings. The lowest BCUT2D eigenvalue weighted by molar-refractivity contribution is -0.135. The van der Waals surface area contributed by atoms with Crippen molar-refractivity contribution < 1.29 is 21.6 Å². The van der Waals surface area contributed by atoms with E-state index < -0.39 is 19.9 Å². The van der Waals surface area contributed by atoms with Crippen LogP contribution in [0, 0.1) is 0 Å². The minimum atomic E-state index is -3.61. The van der Waals surface area contributed by atoms with Gasteiger partial charge in [0.25, 0.3) is 0 Å². The van der Waals surface area contributed by atoms with E-state index >= 15 is 0 Å². The molecule has 0 N–H and O–H groups in total. The summed E-state index contributed by atoms with van der Waals surface area (Å²) in [6.45, 7) is 1.80. The maximum Gasteiger partial charge on any atom is 0.243 e. The maximum absolute atomic E-state index is 13.2. The molecule has 0 radical (unpaired) electrons. The highest BCUT2D eigenvalue weighted by molar-refractivity contribution is 7.91. The smallest absolute Gasteiger partial charge is 0.243 e. The topological polar surface area (TPSA) is 95.1 Å². The summed E-state index contributed by atoms with van der Waals surface area (Å²) >= 11 is 0. The molecule has 3 fully saturated rings. The zero-order valence-corrected chi connectivity index (χ0v) is 20.1. The second kappa shape index (κ2) is 8.65. The van der Waals surface area contributed by atoms with Crippen molar-refractivity contribution in [3.8, 4) is 0 Å². The van der Waals surface area contributed by atoms with Gasteiger partial charge in [-0.3, -0.25) is 9.69 Å². The molecule has 0 aromatic heterocycles. The Morgan fingerprint density at radius 1 is 0.939 bits per heavy atom. The molecule has 2 heterocycles. The Labute approximate surface area is 195 Å². The number of hydrogen-bond acceptors (Lipinski definition) is 6. The van der Waals surface area contributed by atoms with Crippen LogP contribution in [0.3, 0.4) is 0 Å². The first-order valence-electron chi connectivity index (χ1n) is 11.5. The lowest BCUT2D eigenvalue weighted by Crippen LogP contribution is -2.53. The van der Waals surface area contributed by atoms with Gasteiger partial charge in [-0.25, -0.2) is 16.8 Å². The molecule has 1 saturated carbocycles. The van der Waals surface area contributed by atoms with E-state index in [1.165, 1.54) is 4.31 Å². The first-order valence-corrected chi connectivity index (χ1v) is 14.7. The molecule has 5 rings (SSSR count). The van der Waals surface area contributed by atoms with Crippen LogP contribution in [0.5, 0.6) is 0 Å². The van der Waals surface area contributed by atoms with Gasteiger partial charge in [0, 0.05) is 38.3 Å². The molecule has 1 amide bonds. The van der Waals surface area contributed by atoms with E-state index in [1.54, 1.807) is 12.1 Å². The van der Waals surface area contributed by atoms with Gasteiger partial charge < -0.3 is 4.90 Å².